The van der Waals surface area contributed by atoms with Crippen molar-refractivity contribution in [2.45, 2.75) is 6.42 Å². The number of anilines is 2. The number of hydrogen-bond acceptors (Lipinski definition) is 4. The van der Waals surface area contributed by atoms with Crippen LogP contribution in [0.1, 0.15) is 15.9 Å². The molecule has 3 aromatic rings. The lowest BCUT2D eigenvalue weighted by Crippen LogP contribution is -2.19. The number of rotatable bonds is 7. The molecule has 0 spiro atoms. The summed E-state index contributed by atoms with van der Waals surface area (Å²) in [7, 11) is 3.13. The average Bonchev–Trinajstić information content (AvgIpc) is 2.75. The molecule has 0 bridgehead atoms. The van der Waals surface area contributed by atoms with E-state index in [1.165, 1.54) is 0 Å². The molecule has 3 rings (SSSR count). The molecule has 0 aromatic heterocycles. The largest absolute Gasteiger partial charge is 0.497 e. The fraction of sp³-hybridized carbons (Fsp3) is 0.130. The molecule has 0 aliphatic heterocycles. The third-order valence-electron chi connectivity index (χ3n) is 4.32. The van der Waals surface area contributed by atoms with Crippen molar-refractivity contribution in [3.8, 4) is 11.5 Å². The van der Waals surface area contributed by atoms with E-state index in [0.29, 0.717) is 22.7 Å². The van der Waals surface area contributed by atoms with Crippen LogP contribution in [0.4, 0.5) is 11.4 Å². The van der Waals surface area contributed by atoms with Gasteiger partial charge in [0.15, 0.2) is 0 Å². The van der Waals surface area contributed by atoms with Crippen LogP contribution in [-0.4, -0.2) is 26.0 Å². The predicted molar refractivity (Wildman–Crippen MR) is 113 cm³/mol. The molecule has 3 aromatic carbocycles. The topological polar surface area (TPSA) is 76.7 Å². The lowest BCUT2D eigenvalue weighted by Gasteiger charge is -2.13. The molecule has 0 aliphatic carbocycles. The second-order valence-corrected chi connectivity index (χ2v) is 6.27. The summed E-state index contributed by atoms with van der Waals surface area (Å²) in [4.78, 5) is 25.3. The van der Waals surface area contributed by atoms with Crippen LogP contribution < -0.4 is 20.1 Å². The van der Waals surface area contributed by atoms with E-state index in [-0.39, 0.29) is 18.2 Å². The highest BCUT2D eigenvalue weighted by Crippen LogP contribution is 2.25. The monoisotopic (exact) mass is 390 g/mol. The number of ether oxygens (including phenoxy) is 2. The van der Waals surface area contributed by atoms with E-state index in [4.69, 9.17) is 9.47 Å². The van der Waals surface area contributed by atoms with Gasteiger partial charge in [-0.25, -0.2) is 0 Å². The summed E-state index contributed by atoms with van der Waals surface area (Å²) in [6.45, 7) is 0. The van der Waals surface area contributed by atoms with Gasteiger partial charge in [0, 0.05) is 0 Å². The molecule has 6 nitrogen and oxygen atoms in total. The van der Waals surface area contributed by atoms with Crippen molar-refractivity contribution in [1.82, 2.24) is 0 Å². The molecule has 0 unspecified atom stereocenters. The van der Waals surface area contributed by atoms with Crippen molar-refractivity contribution in [3.63, 3.8) is 0 Å². The predicted octanol–water partition coefficient (Wildman–Crippen LogP) is 4.14. The maximum Gasteiger partial charge on any atom is 0.257 e. The van der Waals surface area contributed by atoms with Gasteiger partial charge in [-0.15, -0.1) is 0 Å². The molecule has 2 N–H and O–H groups in total. The first kappa shape index (κ1) is 19.9. The van der Waals surface area contributed by atoms with Gasteiger partial charge in [0.25, 0.3) is 5.91 Å². The Morgan fingerprint density at radius 2 is 1.41 bits per heavy atom. The van der Waals surface area contributed by atoms with Crippen LogP contribution in [-0.2, 0) is 11.2 Å². The summed E-state index contributed by atoms with van der Waals surface area (Å²) >= 11 is 0. The highest BCUT2D eigenvalue weighted by molar-refractivity contribution is 6.10. The minimum Gasteiger partial charge on any atom is -0.497 e. The highest BCUT2D eigenvalue weighted by Gasteiger charge is 2.15. The Hall–Kier alpha value is -3.80. The Morgan fingerprint density at radius 1 is 0.759 bits per heavy atom. The van der Waals surface area contributed by atoms with Crippen molar-refractivity contribution in [2.75, 3.05) is 24.9 Å². The summed E-state index contributed by atoms with van der Waals surface area (Å²) in [5, 5.41) is 5.65. The second kappa shape index (κ2) is 9.41. The number of amides is 2. The van der Waals surface area contributed by atoms with Crippen molar-refractivity contribution in [1.29, 1.82) is 0 Å². The number of carbonyl (C=O) groups is 2. The maximum atomic E-state index is 12.8. The first-order chi connectivity index (χ1) is 14.1. The molecule has 0 fully saturated rings. The SMILES string of the molecule is COc1ccc(CC(=O)Nc2ccccc2C(=O)Nc2ccccc2OC)cc1. The third-order valence-corrected chi connectivity index (χ3v) is 4.32. The standard InChI is InChI=1S/C23H22N2O4/c1-28-17-13-11-16(12-14-17)15-22(26)24-19-8-4-3-7-18(19)23(27)25-20-9-5-6-10-21(20)29-2/h3-14H,15H2,1-2H3,(H,24,26)(H,25,27). The molecule has 0 radical (unpaired) electrons. The Morgan fingerprint density at radius 3 is 2.10 bits per heavy atom. The number of hydrogen-bond donors (Lipinski definition) is 2. The van der Waals surface area contributed by atoms with Crippen molar-refractivity contribution in [2.24, 2.45) is 0 Å². The third kappa shape index (κ3) is 5.13. The van der Waals surface area contributed by atoms with Crippen LogP contribution in [0, 0.1) is 0 Å². The minimum atomic E-state index is -0.338. The molecular formula is C23H22N2O4. The van der Waals surface area contributed by atoms with E-state index in [1.54, 1.807) is 68.8 Å². The van der Waals surface area contributed by atoms with Crippen LogP contribution in [0.3, 0.4) is 0 Å². The molecular weight excluding hydrogens is 368 g/mol. The maximum absolute atomic E-state index is 12.8. The van der Waals surface area contributed by atoms with Gasteiger partial charge in [-0.1, -0.05) is 36.4 Å². The van der Waals surface area contributed by atoms with Gasteiger partial charge in [-0.05, 0) is 42.0 Å². The molecule has 0 heterocycles. The first-order valence-electron chi connectivity index (χ1n) is 9.07. The van der Waals surface area contributed by atoms with E-state index < -0.39 is 0 Å². The number of carbonyl (C=O) groups excluding carboxylic acids is 2. The summed E-state index contributed by atoms with van der Waals surface area (Å²) in [6.07, 6.45) is 0.187. The van der Waals surface area contributed by atoms with Crippen LogP contribution in [0.2, 0.25) is 0 Å². The summed E-state index contributed by atoms with van der Waals surface area (Å²) in [5.74, 6) is 0.733. The molecule has 0 atom stereocenters. The number of nitrogens with one attached hydrogen (secondary N) is 2. The van der Waals surface area contributed by atoms with Gasteiger partial charge in [0.2, 0.25) is 5.91 Å². The zero-order chi connectivity index (χ0) is 20.6. The summed E-state index contributed by atoms with van der Waals surface area (Å²) < 4.78 is 10.4. The number of para-hydroxylation sites is 3. The Kier molecular flexibility index (Phi) is 6.47. The van der Waals surface area contributed by atoms with E-state index in [0.717, 1.165) is 11.3 Å². The average molecular weight is 390 g/mol. The van der Waals surface area contributed by atoms with Crippen molar-refractivity contribution in [3.05, 3.63) is 83.9 Å². The van der Waals surface area contributed by atoms with E-state index in [1.807, 2.05) is 18.2 Å². The van der Waals surface area contributed by atoms with Gasteiger partial charge in [-0.2, -0.15) is 0 Å². The summed E-state index contributed by atoms with van der Waals surface area (Å²) in [5.41, 5.74) is 2.21. The lowest BCUT2D eigenvalue weighted by molar-refractivity contribution is -0.115. The molecule has 0 aliphatic rings. The fourth-order valence-corrected chi connectivity index (χ4v) is 2.85. The molecule has 2 amide bonds. The number of benzene rings is 3. The summed E-state index contributed by atoms with van der Waals surface area (Å²) in [6, 6.07) is 21.3. The fourth-order valence-electron chi connectivity index (χ4n) is 2.85. The first-order valence-corrected chi connectivity index (χ1v) is 9.07. The van der Waals surface area contributed by atoms with E-state index >= 15 is 0 Å². The molecule has 29 heavy (non-hydrogen) atoms. The Labute approximate surface area is 169 Å². The van der Waals surface area contributed by atoms with Crippen molar-refractivity contribution < 1.29 is 19.1 Å². The zero-order valence-electron chi connectivity index (χ0n) is 16.3. The van der Waals surface area contributed by atoms with Crippen LogP contribution in [0.15, 0.2) is 72.8 Å². The molecule has 0 saturated heterocycles. The van der Waals surface area contributed by atoms with Crippen LogP contribution >= 0.6 is 0 Å². The van der Waals surface area contributed by atoms with Gasteiger partial charge < -0.3 is 20.1 Å². The molecule has 0 saturated carbocycles. The Bertz CT molecular complexity index is 1000. The van der Waals surface area contributed by atoms with Gasteiger partial charge in [-0.3, -0.25) is 9.59 Å². The lowest BCUT2D eigenvalue weighted by atomic mass is 10.1. The van der Waals surface area contributed by atoms with Crippen molar-refractivity contribution >= 4 is 23.2 Å². The highest BCUT2D eigenvalue weighted by atomic mass is 16.5. The van der Waals surface area contributed by atoms with E-state index in [2.05, 4.69) is 10.6 Å². The smallest absolute Gasteiger partial charge is 0.257 e. The van der Waals surface area contributed by atoms with Gasteiger partial charge in [0.05, 0.1) is 37.6 Å². The van der Waals surface area contributed by atoms with Gasteiger partial charge in [0.1, 0.15) is 11.5 Å². The molecule has 6 heteroatoms. The van der Waals surface area contributed by atoms with E-state index in [9.17, 15) is 9.59 Å². The zero-order valence-corrected chi connectivity index (χ0v) is 16.3. The molecule has 148 valence electrons. The normalized spacial score (nSPS) is 10.1. The van der Waals surface area contributed by atoms with Crippen LogP contribution in [0.25, 0.3) is 0 Å². The quantitative estimate of drug-likeness (QED) is 0.636. The van der Waals surface area contributed by atoms with Crippen LogP contribution in [0.5, 0.6) is 11.5 Å². The second-order valence-electron chi connectivity index (χ2n) is 6.27. The van der Waals surface area contributed by atoms with Gasteiger partial charge >= 0.3 is 0 Å². The number of methoxy groups -OCH3 is 2. The Balaban J connectivity index is 1.72. The minimum absolute atomic E-state index is 0.187.